The van der Waals surface area contributed by atoms with Gasteiger partial charge in [-0.25, -0.2) is 0 Å². The number of nitrogens with zero attached hydrogens (tertiary/aromatic N) is 2. The van der Waals surface area contributed by atoms with E-state index < -0.39 is 0 Å². The summed E-state index contributed by atoms with van der Waals surface area (Å²) in [5.74, 6) is -0.630. The third kappa shape index (κ3) is 4.95. The molecule has 1 heterocycles. The van der Waals surface area contributed by atoms with Gasteiger partial charge in [-0.1, -0.05) is 11.6 Å². The van der Waals surface area contributed by atoms with Gasteiger partial charge in [0.25, 0.3) is 0 Å². The molecule has 1 aromatic rings. The fourth-order valence-corrected chi connectivity index (χ4v) is 2.93. The molecule has 0 aromatic heterocycles. The molecular weight excluding hydrogens is 330 g/mol. The van der Waals surface area contributed by atoms with Crippen molar-refractivity contribution in [2.45, 2.75) is 19.8 Å². The SMILES string of the molecule is CCOC(=O)[C@@H]1CCCN(CC(=O)Nc2cc(Cl)ccc2C#N)C1. The number of anilines is 1. The number of piperidine rings is 1. The van der Waals surface area contributed by atoms with Crippen LogP contribution in [-0.4, -0.2) is 43.0 Å². The van der Waals surface area contributed by atoms with Crippen molar-refractivity contribution in [3.05, 3.63) is 28.8 Å². The molecule has 1 aliphatic rings. The second kappa shape index (κ2) is 8.67. The molecule has 0 radical (unpaired) electrons. The number of hydrogen-bond acceptors (Lipinski definition) is 5. The predicted molar refractivity (Wildman–Crippen MR) is 90.6 cm³/mol. The zero-order valence-corrected chi connectivity index (χ0v) is 14.3. The second-order valence-electron chi connectivity index (χ2n) is 5.68. The number of esters is 1. The van der Waals surface area contributed by atoms with E-state index in [-0.39, 0.29) is 24.3 Å². The van der Waals surface area contributed by atoms with Crippen molar-refractivity contribution in [3.8, 4) is 6.07 Å². The summed E-state index contributed by atoms with van der Waals surface area (Å²) in [5, 5.41) is 12.2. The molecule has 1 aromatic carbocycles. The first-order valence-electron chi connectivity index (χ1n) is 7.92. The number of nitriles is 1. The molecule has 1 atom stereocenters. The first-order chi connectivity index (χ1) is 11.5. The smallest absolute Gasteiger partial charge is 0.310 e. The van der Waals surface area contributed by atoms with Crippen LogP contribution < -0.4 is 5.32 Å². The molecule has 1 saturated heterocycles. The van der Waals surface area contributed by atoms with Crippen molar-refractivity contribution in [1.82, 2.24) is 4.90 Å². The first-order valence-corrected chi connectivity index (χ1v) is 8.29. The Kier molecular flexibility index (Phi) is 6.59. The number of hydrogen-bond donors (Lipinski definition) is 1. The lowest BCUT2D eigenvalue weighted by atomic mass is 9.98. The molecule has 128 valence electrons. The maximum absolute atomic E-state index is 12.2. The van der Waals surface area contributed by atoms with Crippen LogP contribution in [-0.2, 0) is 14.3 Å². The Labute approximate surface area is 146 Å². The van der Waals surface area contributed by atoms with Crippen LogP contribution in [0, 0.1) is 17.2 Å². The molecule has 7 heteroatoms. The summed E-state index contributed by atoms with van der Waals surface area (Å²) in [7, 11) is 0. The van der Waals surface area contributed by atoms with Gasteiger partial charge in [0, 0.05) is 11.6 Å². The van der Waals surface area contributed by atoms with E-state index in [0.29, 0.717) is 29.4 Å². The number of benzene rings is 1. The molecule has 2 rings (SSSR count). The Balaban J connectivity index is 1.94. The van der Waals surface area contributed by atoms with Gasteiger partial charge in [-0.3, -0.25) is 14.5 Å². The van der Waals surface area contributed by atoms with Crippen molar-refractivity contribution < 1.29 is 14.3 Å². The van der Waals surface area contributed by atoms with E-state index in [4.69, 9.17) is 21.6 Å². The van der Waals surface area contributed by atoms with E-state index in [1.54, 1.807) is 25.1 Å². The highest BCUT2D eigenvalue weighted by Gasteiger charge is 2.27. The first kappa shape index (κ1) is 18.2. The Hall–Kier alpha value is -2.10. The fraction of sp³-hybridized carbons (Fsp3) is 0.471. The molecule has 1 aliphatic heterocycles. The van der Waals surface area contributed by atoms with E-state index in [1.807, 2.05) is 11.0 Å². The molecule has 1 fully saturated rings. The van der Waals surface area contributed by atoms with Gasteiger partial charge in [-0.15, -0.1) is 0 Å². The zero-order chi connectivity index (χ0) is 17.5. The standard InChI is InChI=1S/C17H20ClN3O3/c1-2-24-17(23)13-4-3-7-21(10-13)11-16(22)20-15-8-14(18)6-5-12(15)9-19/h5-6,8,13H,2-4,7,10-11H2,1H3,(H,20,22)/t13-/m1/s1. The summed E-state index contributed by atoms with van der Waals surface area (Å²) in [5.41, 5.74) is 0.754. The Morgan fingerprint density at radius 3 is 3.00 bits per heavy atom. The Morgan fingerprint density at radius 1 is 1.50 bits per heavy atom. The summed E-state index contributed by atoms with van der Waals surface area (Å²) >= 11 is 5.91. The monoisotopic (exact) mass is 349 g/mol. The van der Waals surface area contributed by atoms with Gasteiger partial charge in [0.2, 0.25) is 5.91 Å². The van der Waals surface area contributed by atoms with Crippen molar-refractivity contribution in [2.75, 3.05) is 31.6 Å². The summed E-state index contributed by atoms with van der Waals surface area (Å²) in [4.78, 5) is 26.0. The quantitative estimate of drug-likeness (QED) is 0.825. The Morgan fingerprint density at radius 2 is 2.29 bits per heavy atom. The maximum Gasteiger partial charge on any atom is 0.310 e. The highest BCUT2D eigenvalue weighted by Crippen LogP contribution is 2.21. The molecular formula is C17H20ClN3O3. The van der Waals surface area contributed by atoms with E-state index in [9.17, 15) is 9.59 Å². The van der Waals surface area contributed by atoms with Crippen LogP contribution in [0.5, 0.6) is 0 Å². The highest BCUT2D eigenvalue weighted by atomic mass is 35.5. The minimum atomic E-state index is -0.238. The molecule has 0 unspecified atom stereocenters. The number of likely N-dealkylation sites (tertiary alicyclic amines) is 1. The van der Waals surface area contributed by atoms with Crippen molar-refractivity contribution in [3.63, 3.8) is 0 Å². The van der Waals surface area contributed by atoms with E-state index in [1.165, 1.54) is 0 Å². The van der Waals surface area contributed by atoms with Gasteiger partial charge in [0.15, 0.2) is 0 Å². The number of ether oxygens (including phenoxy) is 1. The summed E-state index contributed by atoms with van der Waals surface area (Å²) in [6, 6.07) is 6.74. The average Bonchev–Trinajstić information content (AvgIpc) is 2.55. The summed E-state index contributed by atoms with van der Waals surface area (Å²) in [6.45, 7) is 3.56. The number of carbonyl (C=O) groups excluding carboxylic acids is 2. The van der Waals surface area contributed by atoms with Gasteiger partial charge >= 0.3 is 5.97 Å². The lowest BCUT2D eigenvalue weighted by Gasteiger charge is -2.30. The zero-order valence-electron chi connectivity index (χ0n) is 13.5. The number of nitrogens with one attached hydrogen (secondary N) is 1. The van der Waals surface area contributed by atoms with Gasteiger partial charge in [0.05, 0.1) is 30.3 Å². The lowest BCUT2D eigenvalue weighted by molar-refractivity contribution is -0.150. The van der Waals surface area contributed by atoms with Crippen LogP contribution >= 0.6 is 11.6 Å². The number of amides is 1. The normalized spacial score (nSPS) is 17.8. The van der Waals surface area contributed by atoms with Gasteiger partial charge in [-0.05, 0) is 44.5 Å². The molecule has 0 aliphatic carbocycles. The fourth-order valence-electron chi connectivity index (χ4n) is 2.76. The minimum Gasteiger partial charge on any atom is -0.466 e. The van der Waals surface area contributed by atoms with E-state index >= 15 is 0 Å². The summed E-state index contributed by atoms with van der Waals surface area (Å²) < 4.78 is 5.06. The minimum absolute atomic E-state index is 0.160. The third-order valence-corrected chi connectivity index (χ3v) is 4.10. The van der Waals surface area contributed by atoms with Crippen LogP contribution in [0.25, 0.3) is 0 Å². The van der Waals surface area contributed by atoms with Crippen LogP contribution in [0.2, 0.25) is 5.02 Å². The van der Waals surface area contributed by atoms with E-state index in [0.717, 1.165) is 19.4 Å². The van der Waals surface area contributed by atoms with Gasteiger partial charge < -0.3 is 10.1 Å². The topological polar surface area (TPSA) is 82.4 Å². The van der Waals surface area contributed by atoms with Crippen molar-refractivity contribution >= 4 is 29.2 Å². The predicted octanol–water partition coefficient (Wildman–Crippen LogP) is 2.43. The third-order valence-electron chi connectivity index (χ3n) is 3.87. The number of rotatable bonds is 5. The van der Waals surface area contributed by atoms with Gasteiger partial charge in [0.1, 0.15) is 6.07 Å². The van der Waals surface area contributed by atoms with Crippen LogP contribution in [0.15, 0.2) is 18.2 Å². The lowest BCUT2D eigenvalue weighted by Crippen LogP contribution is -2.43. The molecule has 6 nitrogen and oxygen atoms in total. The molecule has 0 bridgehead atoms. The van der Waals surface area contributed by atoms with Crippen molar-refractivity contribution in [2.24, 2.45) is 5.92 Å². The maximum atomic E-state index is 12.2. The number of halogens is 1. The molecule has 0 spiro atoms. The molecule has 0 saturated carbocycles. The summed E-state index contributed by atoms with van der Waals surface area (Å²) in [6.07, 6.45) is 1.63. The highest BCUT2D eigenvalue weighted by molar-refractivity contribution is 6.31. The largest absolute Gasteiger partial charge is 0.466 e. The van der Waals surface area contributed by atoms with Gasteiger partial charge in [-0.2, -0.15) is 5.26 Å². The number of carbonyl (C=O) groups is 2. The molecule has 24 heavy (non-hydrogen) atoms. The van der Waals surface area contributed by atoms with E-state index in [2.05, 4.69) is 5.32 Å². The van der Waals surface area contributed by atoms with Crippen LogP contribution in [0.4, 0.5) is 5.69 Å². The molecule has 1 N–H and O–H groups in total. The van der Waals surface area contributed by atoms with Crippen molar-refractivity contribution in [1.29, 1.82) is 5.26 Å². The molecule has 1 amide bonds. The second-order valence-corrected chi connectivity index (χ2v) is 6.11. The Bertz CT molecular complexity index is 657. The van der Waals surface area contributed by atoms with Crippen LogP contribution in [0.1, 0.15) is 25.3 Å². The average molecular weight is 350 g/mol. The van der Waals surface area contributed by atoms with Crippen LogP contribution in [0.3, 0.4) is 0 Å².